The van der Waals surface area contributed by atoms with Crippen LogP contribution in [-0.4, -0.2) is 24.3 Å². The first-order valence-corrected chi connectivity index (χ1v) is 3.67. The van der Waals surface area contributed by atoms with Crippen molar-refractivity contribution >= 4 is 0 Å². The summed E-state index contributed by atoms with van der Waals surface area (Å²) < 4.78 is 0. The van der Waals surface area contributed by atoms with E-state index in [-0.39, 0.29) is 6.61 Å². The van der Waals surface area contributed by atoms with Gasteiger partial charge in [0.1, 0.15) is 0 Å². The highest BCUT2D eigenvalue weighted by Gasteiger charge is 2.07. The van der Waals surface area contributed by atoms with Crippen LogP contribution >= 0.6 is 0 Å². The molecule has 10 heavy (non-hydrogen) atoms. The van der Waals surface area contributed by atoms with Crippen molar-refractivity contribution in [3.8, 4) is 0 Å². The second kappa shape index (κ2) is 5.45. The summed E-state index contributed by atoms with van der Waals surface area (Å²) in [5.74, 6) is 0.319. The predicted molar refractivity (Wildman–Crippen MR) is 43.9 cm³/mol. The lowest BCUT2D eigenvalue weighted by atomic mass is 10.1. The number of nitrogens with one attached hydrogen (secondary N) is 1. The molecule has 0 saturated carbocycles. The van der Waals surface area contributed by atoms with E-state index < -0.39 is 0 Å². The fraction of sp³-hybridized carbons (Fsp3) is 0.750. The van der Waals surface area contributed by atoms with Crippen molar-refractivity contribution in [2.75, 3.05) is 13.2 Å². The minimum atomic E-state index is 0.241. The first-order chi connectivity index (χ1) is 4.72. The number of hydrogen-bond acceptors (Lipinski definition) is 2. The average molecular weight is 143 g/mol. The van der Waals surface area contributed by atoms with E-state index in [1.165, 1.54) is 0 Å². The molecule has 2 unspecified atom stereocenters. The van der Waals surface area contributed by atoms with E-state index in [9.17, 15) is 0 Å². The molecule has 0 amide bonds. The molecule has 0 spiro atoms. The Bertz CT molecular complexity index is 93.3. The van der Waals surface area contributed by atoms with Crippen molar-refractivity contribution in [1.29, 1.82) is 0 Å². The molecule has 0 aliphatic heterocycles. The zero-order valence-electron chi connectivity index (χ0n) is 6.80. The van der Waals surface area contributed by atoms with Gasteiger partial charge in [0.15, 0.2) is 0 Å². The van der Waals surface area contributed by atoms with Gasteiger partial charge in [0, 0.05) is 19.2 Å². The van der Waals surface area contributed by atoms with Crippen molar-refractivity contribution in [3.63, 3.8) is 0 Å². The van der Waals surface area contributed by atoms with Gasteiger partial charge in [-0.3, -0.25) is 0 Å². The Morgan fingerprint density at radius 2 is 2.20 bits per heavy atom. The van der Waals surface area contributed by atoms with Crippen LogP contribution in [0.5, 0.6) is 0 Å². The molecule has 0 aliphatic rings. The predicted octanol–water partition coefficient (Wildman–Crippen LogP) is 0.779. The molecule has 0 bridgehead atoms. The molecule has 0 radical (unpaired) electrons. The molecular weight excluding hydrogens is 126 g/mol. The van der Waals surface area contributed by atoms with Gasteiger partial charge in [0.05, 0.1) is 0 Å². The molecule has 0 aromatic heterocycles. The van der Waals surface area contributed by atoms with Crippen LogP contribution in [0.1, 0.15) is 13.8 Å². The summed E-state index contributed by atoms with van der Waals surface area (Å²) in [6.07, 6.45) is 1.82. The Kier molecular flexibility index (Phi) is 5.26. The minimum Gasteiger partial charge on any atom is -0.396 e. The molecule has 2 N–H and O–H groups in total. The van der Waals surface area contributed by atoms with Gasteiger partial charge < -0.3 is 10.4 Å². The molecule has 0 rings (SSSR count). The Labute approximate surface area is 62.9 Å². The van der Waals surface area contributed by atoms with Gasteiger partial charge in [-0.05, 0) is 12.8 Å². The molecule has 2 heteroatoms. The Morgan fingerprint density at radius 1 is 1.60 bits per heavy atom. The van der Waals surface area contributed by atoms with E-state index in [0.717, 1.165) is 6.54 Å². The Hall–Kier alpha value is -0.340. The van der Waals surface area contributed by atoms with Crippen LogP contribution in [0.2, 0.25) is 0 Å². The molecule has 0 aromatic rings. The fourth-order valence-corrected chi connectivity index (χ4v) is 0.629. The van der Waals surface area contributed by atoms with Gasteiger partial charge in [0.2, 0.25) is 0 Å². The first kappa shape index (κ1) is 9.66. The van der Waals surface area contributed by atoms with Gasteiger partial charge in [-0.2, -0.15) is 0 Å². The highest BCUT2D eigenvalue weighted by atomic mass is 16.3. The molecule has 60 valence electrons. The van der Waals surface area contributed by atoms with Gasteiger partial charge in [-0.1, -0.05) is 13.0 Å². The molecule has 0 heterocycles. The lowest BCUT2D eigenvalue weighted by Gasteiger charge is -2.17. The Balaban J connectivity index is 3.40. The maximum atomic E-state index is 8.74. The molecule has 0 aliphatic carbocycles. The van der Waals surface area contributed by atoms with E-state index in [1.54, 1.807) is 0 Å². The zero-order chi connectivity index (χ0) is 7.98. The van der Waals surface area contributed by atoms with Crippen molar-refractivity contribution in [1.82, 2.24) is 5.32 Å². The van der Waals surface area contributed by atoms with Crippen LogP contribution in [0.3, 0.4) is 0 Å². The van der Waals surface area contributed by atoms with Crippen LogP contribution in [0.15, 0.2) is 12.7 Å². The molecule has 0 aromatic carbocycles. The summed E-state index contributed by atoms with van der Waals surface area (Å²) in [4.78, 5) is 0. The first-order valence-electron chi connectivity index (χ1n) is 3.67. The summed E-state index contributed by atoms with van der Waals surface area (Å²) in [6, 6.07) is 0.364. The second-order valence-electron chi connectivity index (χ2n) is 2.65. The van der Waals surface area contributed by atoms with E-state index in [1.807, 2.05) is 13.0 Å². The monoisotopic (exact) mass is 143 g/mol. The number of rotatable bonds is 5. The second-order valence-corrected chi connectivity index (χ2v) is 2.65. The largest absolute Gasteiger partial charge is 0.396 e. The summed E-state index contributed by atoms with van der Waals surface area (Å²) in [5.41, 5.74) is 0. The molecule has 0 saturated heterocycles. The van der Waals surface area contributed by atoms with Gasteiger partial charge in [-0.25, -0.2) is 0 Å². The molecule has 2 nitrogen and oxygen atoms in total. The van der Waals surface area contributed by atoms with Crippen LogP contribution < -0.4 is 5.32 Å². The highest BCUT2D eigenvalue weighted by Crippen LogP contribution is 1.99. The SMILES string of the molecule is C=CCNC(C)C(C)CO. The summed E-state index contributed by atoms with van der Waals surface area (Å²) in [7, 11) is 0. The van der Waals surface area contributed by atoms with E-state index in [2.05, 4.69) is 18.8 Å². The minimum absolute atomic E-state index is 0.241. The normalized spacial score (nSPS) is 16.3. The number of aliphatic hydroxyl groups is 1. The van der Waals surface area contributed by atoms with Crippen LogP contribution in [0.25, 0.3) is 0 Å². The van der Waals surface area contributed by atoms with Crippen LogP contribution in [-0.2, 0) is 0 Å². The van der Waals surface area contributed by atoms with Crippen molar-refractivity contribution < 1.29 is 5.11 Å². The highest BCUT2D eigenvalue weighted by molar-refractivity contribution is 4.75. The third kappa shape index (κ3) is 3.64. The summed E-state index contributed by atoms with van der Waals surface area (Å²) in [5, 5.41) is 11.9. The van der Waals surface area contributed by atoms with E-state index in [4.69, 9.17) is 5.11 Å². The third-order valence-corrected chi connectivity index (χ3v) is 1.73. The maximum Gasteiger partial charge on any atom is 0.0471 e. The topological polar surface area (TPSA) is 32.3 Å². The van der Waals surface area contributed by atoms with Crippen LogP contribution in [0.4, 0.5) is 0 Å². The third-order valence-electron chi connectivity index (χ3n) is 1.73. The van der Waals surface area contributed by atoms with Crippen molar-refractivity contribution in [2.24, 2.45) is 5.92 Å². The van der Waals surface area contributed by atoms with Gasteiger partial charge in [0.25, 0.3) is 0 Å². The molecular formula is C8H17NO. The zero-order valence-corrected chi connectivity index (χ0v) is 6.80. The number of hydrogen-bond donors (Lipinski definition) is 2. The van der Waals surface area contributed by atoms with Crippen molar-refractivity contribution in [2.45, 2.75) is 19.9 Å². The van der Waals surface area contributed by atoms with Gasteiger partial charge in [-0.15, -0.1) is 6.58 Å². The van der Waals surface area contributed by atoms with E-state index in [0.29, 0.717) is 12.0 Å². The standard InChI is InChI=1S/C8H17NO/c1-4-5-9-8(3)7(2)6-10/h4,7-10H,1,5-6H2,2-3H3. The average Bonchev–Trinajstić information content (AvgIpc) is 1.98. The van der Waals surface area contributed by atoms with Crippen molar-refractivity contribution in [3.05, 3.63) is 12.7 Å². The number of aliphatic hydroxyl groups excluding tert-OH is 1. The quantitative estimate of drug-likeness (QED) is 0.557. The lowest BCUT2D eigenvalue weighted by Crippen LogP contribution is -2.33. The molecule has 2 atom stereocenters. The maximum absolute atomic E-state index is 8.74. The summed E-state index contributed by atoms with van der Waals surface area (Å²) in [6.45, 7) is 8.72. The lowest BCUT2D eigenvalue weighted by molar-refractivity contribution is 0.209. The molecule has 0 fully saturated rings. The van der Waals surface area contributed by atoms with Crippen LogP contribution in [0, 0.1) is 5.92 Å². The van der Waals surface area contributed by atoms with Gasteiger partial charge >= 0.3 is 0 Å². The fourth-order valence-electron chi connectivity index (χ4n) is 0.629. The van der Waals surface area contributed by atoms with E-state index >= 15 is 0 Å². The smallest absolute Gasteiger partial charge is 0.0471 e. The summed E-state index contributed by atoms with van der Waals surface area (Å²) >= 11 is 0. The Morgan fingerprint density at radius 3 is 2.60 bits per heavy atom.